The fourth-order valence-corrected chi connectivity index (χ4v) is 3.28. The molecule has 5 nitrogen and oxygen atoms in total. The highest BCUT2D eigenvalue weighted by Crippen LogP contribution is 2.30. The van der Waals surface area contributed by atoms with Crippen molar-refractivity contribution in [2.75, 3.05) is 5.32 Å². The molecule has 0 radical (unpaired) electrons. The van der Waals surface area contributed by atoms with Gasteiger partial charge in [-0.25, -0.2) is 0 Å². The van der Waals surface area contributed by atoms with Crippen LogP contribution in [0.4, 0.5) is 5.69 Å². The SMILES string of the molecule is CC(Nc1cccc2c(=O)[nH][nH]c(=O)c12)c1ccc(Cl)s1. The quantitative estimate of drug-likeness (QED) is 0.693. The molecule has 0 fully saturated rings. The molecule has 0 aliphatic carbocycles. The summed E-state index contributed by atoms with van der Waals surface area (Å²) in [5.74, 6) is 0. The summed E-state index contributed by atoms with van der Waals surface area (Å²) >= 11 is 7.42. The Balaban J connectivity index is 2.07. The fourth-order valence-electron chi connectivity index (χ4n) is 2.22. The first-order valence-corrected chi connectivity index (χ1v) is 7.51. The van der Waals surface area contributed by atoms with Crippen molar-refractivity contribution in [3.05, 3.63) is 60.3 Å². The molecule has 0 bridgehead atoms. The largest absolute Gasteiger partial charge is 0.377 e. The zero-order chi connectivity index (χ0) is 15.0. The number of rotatable bonds is 3. The van der Waals surface area contributed by atoms with E-state index in [1.807, 2.05) is 19.1 Å². The summed E-state index contributed by atoms with van der Waals surface area (Å²) in [4.78, 5) is 24.8. The smallest absolute Gasteiger partial charge is 0.272 e. The number of benzene rings is 1. The second-order valence-electron chi connectivity index (χ2n) is 4.64. The van der Waals surface area contributed by atoms with Crippen molar-refractivity contribution in [2.45, 2.75) is 13.0 Å². The molecule has 21 heavy (non-hydrogen) atoms. The summed E-state index contributed by atoms with van der Waals surface area (Å²) in [6.45, 7) is 1.97. The molecule has 2 heterocycles. The van der Waals surface area contributed by atoms with Crippen LogP contribution in [0.5, 0.6) is 0 Å². The number of fused-ring (bicyclic) bond motifs is 1. The Morgan fingerprint density at radius 2 is 1.90 bits per heavy atom. The highest BCUT2D eigenvalue weighted by molar-refractivity contribution is 7.16. The van der Waals surface area contributed by atoms with E-state index in [-0.39, 0.29) is 17.2 Å². The van der Waals surface area contributed by atoms with Gasteiger partial charge in [-0.1, -0.05) is 17.7 Å². The van der Waals surface area contributed by atoms with E-state index < -0.39 is 0 Å². The summed E-state index contributed by atoms with van der Waals surface area (Å²) in [7, 11) is 0. The lowest BCUT2D eigenvalue weighted by Gasteiger charge is -2.15. The van der Waals surface area contributed by atoms with Crippen LogP contribution in [-0.4, -0.2) is 10.2 Å². The third kappa shape index (κ3) is 2.59. The van der Waals surface area contributed by atoms with Crippen molar-refractivity contribution in [1.29, 1.82) is 0 Å². The molecule has 2 aromatic heterocycles. The lowest BCUT2D eigenvalue weighted by molar-refractivity contribution is 0.908. The number of nitrogens with one attached hydrogen (secondary N) is 3. The molecule has 3 rings (SSSR count). The average Bonchev–Trinajstić information content (AvgIpc) is 2.90. The van der Waals surface area contributed by atoms with Crippen molar-refractivity contribution >= 4 is 39.4 Å². The van der Waals surface area contributed by atoms with Gasteiger partial charge in [0, 0.05) is 10.6 Å². The third-order valence-corrected chi connectivity index (χ3v) is 4.63. The van der Waals surface area contributed by atoms with E-state index in [1.165, 1.54) is 11.3 Å². The summed E-state index contributed by atoms with van der Waals surface area (Å²) in [5, 5.41) is 8.65. The number of aromatic nitrogens is 2. The summed E-state index contributed by atoms with van der Waals surface area (Å²) in [5.41, 5.74) is -0.0268. The minimum absolute atomic E-state index is 0.0215. The van der Waals surface area contributed by atoms with Gasteiger partial charge < -0.3 is 5.32 Å². The van der Waals surface area contributed by atoms with Gasteiger partial charge in [-0.3, -0.25) is 19.8 Å². The molecule has 3 aromatic rings. The van der Waals surface area contributed by atoms with Crippen LogP contribution in [0.15, 0.2) is 39.9 Å². The van der Waals surface area contributed by atoms with Crippen LogP contribution >= 0.6 is 22.9 Å². The molecule has 7 heteroatoms. The maximum Gasteiger partial charge on any atom is 0.272 e. The maximum absolute atomic E-state index is 12.0. The monoisotopic (exact) mass is 321 g/mol. The molecule has 0 aliphatic heterocycles. The minimum Gasteiger partial charge on any atom is -0.377 e. The van der Waals surface area contributed by atoms with Gasteiger partial charge in [0.2, 0.25) is 0 Å². The average molecular weight is 322 g/mol. The van der Waals surface area contributed by atoms with Gasteiger partial charge in [-0.15, -0.1) is 11.3 Å². The second-order valence-corrected chi connectivity index (χ2v) is 6.39. The normalized spacial score (nSPS) is 12.5. The Morgan fingerprint density at radius 1 is 1.14 bits per heavy atom. The highest BCUT2D eigenvalue weighted by atomic mass is 35.5. The Labute approximate surface area is 128 Å². The molecule has 0 aliphatic rings. The van der Waals surface area contributed by atoms with E-state index in [0.29, 0.717) is 20.8 Å². The Morgan fingerprint density at radius 3 is 2.62 bits per heavy atom. The molecule has 1 unspecified atom stereocenters. The number of hydrogen-bond acceptors (Lipinski definition) is 4. The molecule has 1 aromatic carbocycles. The first-order chi connectivity index (χ1) is 10.1. The Bertz CT molecular complexity index is 912. The molecule has 0 saturated heterocycles. The number of thiophene rings is 1. The summed E-state index contributed by atoms with van der Waals surface area (Å²) in [6, 6.07) is 8.90. The molecule has 3 N–H and O–H groups in total. The van der Waals surface area contributed by atoms with Gasteiger partial charge in [0.1, 0.15) is 0 Å². The van der Waals surface area contributed by atoms with Crippen molar-refractivity contribution < 1.29 is 0 Å². The molecule has 0 spiro atoms. The molecule has 0 saturated carbocycles. The Kier molecular flexibility index (Phi) is 3.57. The third-order valence-electron chi connectivity index (χ3n) is 3.22. The van der Waals surface area contributed by atoms with E-state index in [0.717, 1.165) is 4.88 Å². The number of anilines is 1. The molecular weight excluding hydrogens is 310 g/mol. The lowest BCUT2D eigenvalue weighted by atomic mass is 10.1. The summed E-state index contributed by atoms with van der Waals surface area (Å²) < 4.78 is 0.714. The van der Waals surface area contributed by atoms with Crippen LogP contribution in [0.2, 0.25) is 4.34 Å². The van der Waals surface area contributed by atoms with Crippen molar-refractivity contribution in [3.63, 3.8) is 0 Å². The predicted molar refractivity (Wildman–Crippen MR) is 86.6 cm³/mol. The van der Waals surface area contributed by atoms with E-state index >= 15 is 0 Å². The standard InChI is InChI=1S/C14H12ClN3O2S/c1-7(10-5-6-11(15)21-10)16-9-4-2-3-8-12(9)14(20)18-17-13(8)19/h2-7,16H,1H3,(H,17,19)(H,18,20). The predicted octanol–water partition coefficient (Wildman–Crippen LogP) is 3.10. The van der Waals surface area contributed by atoms with Crippen LogP contribution in [0.3, 0.4) is 0 Å². The van der Waals surface area contributed by atoms with Crippen LogP contribution in [0, 0.1) is 0 Å². The number of aromatic amines is 2. The fraction of sp³-hybridized carbons (Fsp3) is 0.143. The number of hydrogen-bond donors (Lipinski definition) is 3. The zero-order valence-corrected chi connectivity index (χ0v) is 12.6. The number of H-pyrrole nitrogens is 2. The van der Waals surface area contributed by atoms with Gasteiger partial charge in [0.25, 0.3) is 11.1 Å². The minimum atomic E-state index is -0.330. The van der Waals surface area contributed by atoms with Gasteiger partial charge in [-0.2, -0.15) is 0 Å². The van der Waals surface area contributed by atoms with Crippen molar-refractivity contribution in [1.82, 2.24) is 10.2 Å². The van der Waals surface area contributed by atoms with Crippen LogP contribution in [0.1, 0.15) is 17.8 Å². The van der Waals surface area contributed by atoms with Crippen molar-refractivity contribution in [3.8, 4) is 0 Å². The van der Waals surface area contributed by atoms with Crippen LogP contribution in [0.25, 0.3) is 10.8 Å². The molecular formula is C14H12ClN3O2S. The van der Waals surface area contributed by atoms with E-state index in [2.05, 4.69) is 15.5 Å². The second kappa shape index (κ2) is 5.38. The van der Waals surface area contributed by atoms with Gasteiger partial charge in [0.05, 0.1) is 21.2 Å². The first kappa shape index (κ1) is 13.9. The zero-order valence-electron chi connectivity index (χ0n) is 11.1. The topological polar surface area (TPSA) is 77.8 Å². The van der Waals surface area contributed by atoms with Crippen molar-refractivity contribution in [2.24, 2.45) is 0 Å². The van der Waals surface area contributed by atoms with Crippen LogP contribution in [-0.2, 0) is 0 Å². The summed E-state index contributed by atoms with van der Waals surface area (Å²) in [6.07, 6.45) is 0. The van der Waals surface area contributed by atoms with Gasteiger partial charge in [-0.05, 0) is 31.2 Å². The highest BCUT2D eigenvalue weighted by Gasteiger charge is 2.12. The maximum atomic E-state index is 12.0. The lowest BCUT2D eigenvalue weighted by Crippen LogP contribution is -2.20. The number of halogens is 1. The Hall–Kier alpha value is -2.05. The molecule has 1 atom stereocenters. The first-order valence-electron chi connectivity index (χ1n) is 6.31. The van der Waals surface area contributed by atoms with Gasteiger partial charge >= 0.3 is 0 Å². The van der Waals surface area contributed by atoms with E-state index in [9.17, 15) is 9.59 Å². The molecule has 0 amide bonds. The van der Waals surface area contributed by atoms with Crippen LogP contribution < -0.4 is 16.4 Å². The van der Waals surface area contributed by atoms with E-state index in [1.54, 1.807) is 18.2 Å². The molecule has 108 valence electrons. The van der Waals surface area contributed by atoms with Gasteiger partial charge in [0.15, 0.2) is 0 Å². The van der Waals surface area contributed by atoms with E-state index in [4.69, 9.17) is 11.6 Å².